The number of nitrogen functional groups attached to an aromatic ring is 1. The second-order valence-electron chi connectivity index (χ2n) is 22.0. The largest absolute Gasteiger partial charge is 0.478 e. The number of aromatic carboxylic acids is 1. The third kappa shape index (κ3) is 28.7. The molecular weight excluding hydrogens is 1200 g/mol. The van der Waals surface area contributed by atoms with Crippen LogP contribution in [0.15, 0.2) is 200 Å². The Kier molecular flexibility index (Phi) is 30.7. The predicted molar refractivity (Wildman–Crippen MR) is 368 cm³/mol. The summed E-state index contributed by atoms with van der Waals surface area (Å²) >= 11 is 0. The van der Waals surface area contributed by atoms with Gasteiger partial charge in [0, 0.05) is 83.1 Å². The maximum Gasteiger partial charge on any atom is 0.407 e. The third-order valence-electron chi connectivity index (χ3n) is 11.7. The molecule has 9 aromatic rings. The van der Waals surface area contributed by atoms with Crippen LogP contribution in [-0.2, 0) is 29.1 Å². The van der Waals surface area contributed by atoms with E-state index in [9.17, 15) is 24.0 Å². The minimum absolute atomic E-state index is 0. The number of nitrogens with one attached hydrogen (secondary N) is 4. The van der Waals surface area contributed by atoms with Gasteiger partial charge in [0.05, 0.1) is 5.56 Å². The Bertz CT molecular complexity index is 3850. The number of nitrogens with two attached hydrogens (primary N) is 2. The highest BCUT2D eigenvalue weighted by atomic mass is 35.5. The molecular formula is C72H84ClN9O11. The van der Waals surface area contributed by atoms with Crippen LogP contribution in [-0.4, -0.2) is 61.2 Å². The SMILES string of the molecule is C.C.Cc1cc(CN)cc(Oc2cccc(C(=O)Nc3ccccc3)c2)n1.Cc1cc(CNC(=O)OC(C)(C)C)cc(Oc2cccc(C(=O)Nc3ccccc3)c2)n1.Cc1cc(CNC(=O)OC(C)(C)C)cc(Oc2cccc(C(=O)O)c2)n1.Cl.Nc1ccccc1. The van der Waals surface area contributed by atoms with E-state index in [0.717, 1.165) is 39.5 Å². The monoisotopic (exact) mass is 1290 g/mol. The summed E-state index contributed by atoms with van der Waals surface area (Å²) in [5.41, 5.74) is 18.1. The first-order valence-corrected chi connectivity index (χ1v) is 28.5. The fourth-order valence-corrected chi connectivity index (χ4v) is 7.94. The highest BCUT2D eigenvalue weighted by Gasteiger charge is 2.18. The molecule has 0 aliphatic carbocycles. The molecule has 490 valence electrons. The molecule has 0 saturated carbocycles. The van der Waals surface area contributed by atoms with Gasteiger partial charge in [0.2, 0.25) is 17.6 Å². The summed E-state index contributed by atoms with van der Waals surface area (Å²) in [4.78, 5) is 72.6. The van der Waals surface area contributed by atoms with Crippen molar-refractivity contribution in [3.05, 3.63) is 251 Å². The summed E-state index contributed by atoms with van der Waals surface area (Å²) in [5, 5.41) is 20.1. The third-order valence-corrected chi connectivity index (χ3v) is 11.7. The van der Waals surface area contributed by atoms with E-state index in [1.165, 1.54) is 12.1 Å². The van der Waals surface area contributed by atoms with Gasteiger partial charge < -0.3 is 61.5 Å². The first-order valence-electron chi connectivity index (χ1n) is 28.5. The van der Waals surface area contributed by atoms with E-state index in [1.54, 1.807) is 107 Å². The molecule has 9 rings (SSSR count). The molecule has 4 amide bonds. The van der Waals surface area contributed by atoms with Crippen LogP contribution in [0.2, 0.25) is 0 Å². The van der Waals surface area contributed by atoms with Crippen molar-refractivity contribution >= 4 is 59.4 Å². The van der Waals surface area contributed by atoms with Crippen LogP contribution < -0.4 is 46.9 Å². The second-order valence-corrected chi connectivity index (χ2v) is 22.0. The molecule has 93 heavy (non-hydrogen) atoms. The highest BCUT2D eigenvalue weighted by molar-refractivity contribution is 6.05. The summed E-state index contributed by atoms with van der Waals surface area (Å²) < 4.78 is 27.8. The lowest BCUT2D eigenvalue weighted by atomic mass is 10.2. The number of aromatic nitrogens is 3. The Hall–Kier alpha value is -10.8. The second kappa shape index (κ2) is 37.4. The Morgan fingerprint density at radius 1 is 0.441 bits per heavy atom. The summed E-state index contributed by atoms with van der Waals surface area (Å²) in [6.45, 7) is 17.3. The van der Waals surface area contributed by atoms with Crippen molar-refractivity contribution < 1.29 is 52.8 Å². The molecule has 0 radical (unpaired) electrons. The van der Waals surface area contributed by atoms with Crippen LogP contribution in [0.1, 0.15) is 121 Å². The number of aryl methyl sites for hydroxylation is 3. The van der Waals surface area contributed by atoms with Gasteiger partial charge in [-0.2, -0.15) is 0 Å². The number of ether oxygens (including phenoxy) is 5. The Balaban J connectivity index is 0.000000342. The zero-order valence-corrected chi connectivity index (χ0v) is 52.9. The van der Waals surface area contributed by atoms with Crippen molar-refractivity contribution in [3.63, 3.8) is 0 Å². The minimum atomic E-state index is -1.03. The lowest BCUT2D eigenvalue weighted by molar-refractivity contribution is 0.0512. The average Bonchev–Trinajstić information content (AvgIpc) is 0.979. The van der Waals surface area contributed by atoms with Crippen LogP contribution in [0.5, 0.6) is 34.9 Å². The van der Waals surface area contributed by atoms with Crippen LogP contribution in [0, 0.1) is 20.8 Å². The van der Waals surface area contributed by atoms with Gasteiger partial charge in [-0.05, 0) is 188 Å². The fraction of sp³-hybridized carbons (Fsp3) is 0.222. The normalized spacial score (nSPS) is 10.2. The zero-order chi connectivity index (χ0) is 65.2. The number of hydrogen-bond acceptors (Lipinski definition) is 15. The minimum Gasteiger partial charge on any atom is -0.478 e. The van der Waals surface area contributed by atoms with Gasteiger partial charge in [0.15, 0.2) is 0 Å². The zero-order valence-electron chi connectivity index (χ0n) is 52.1. The van der Waals surface area contributed by atoms with Gasteiger partial charge >= 0.3 is 18.2 Å². The Morgan fingerprint density at radius 2 is 0.763 bits per heavy atom. The number of carboxylic acids is 1. The predicted octanol–water partition coefficient (Wildman–Crippen LogP) is 16.2. The number of rotatable bonds is 16. The number of amides is 4. The molecule has 0 fully saturated rings. The number of carbonyl (C=O) groups excluding carboxylic acids is 4. The molecule has 9 N–H and O–H groups in total. The molecule has 3 heterocycles. The molecule has 0 bridgehead atoms. The first-order chi connectivity index (χ1) is 42.8. The van der Waals surface area contributed by atoms with E-state index in [1.807, 2.05) is 144 Å². The van der Waals surface area contributed by atoms with Gasteiger partial charge in [0.25, 0.3) is 11.8 Å². The first kappa shape index (κ1) is 76.4. The van der Waals surface area contributed by atoms with E-state index in [0.29, 0.717) is 63.9 Å². The van der Waals surface area contributed by atoms with E-state index in [-0.39, 0.29) is 57.7 Å². The number of carboxylic acid groups (broad SMARTS) is 1. The lowest BCUT2D eigenvalue weighted by Crippen LogP contribution is -2.32. The number of anilines is 3. The Labute approximate surface area is 550 Å². The number of halogens is 1. The van der Waals surface area contributed by atoms with Crippen LogP contribution >= 0.6 is 12.4 Å². The van der Waals surface area contributed by atoms with E-state index in [2.05, 4.69) is 36.2 Å². The number of benzene rings is 6. The molecule has 0 saturated heterocycles. The lowest BCUT2D eigenvalue weighted by Gasteiger charge is -2.19. The van der Waals surface area contributed by atoms with Gasteiger partial charge in [-0.15, -0.1) is 12.4 Å². The van der Waals surface area contributed by atoms with E-state index < -0.39 is 29.4 Å². The van der Waals surface area contributed by atoms with E-state index in [4.69, 9.17) is 40.3 Å². The highest BCUT2D eigenvalue weighted by Crippen LogP contribution is 2.26. The summed E-state index contributed by atoms with van der Waals surface area (Å²) in [6, 6.07) is 58.8. The maximum atomic E-state index is 12.5. The standard InChI is InChI=1S/C25H27N3O4.C20H19N3O2.C19H22N2O5.C6H7N.2CH4.ClH/c1-17-13-18(16-26-24(30)32-25(2,3)4)14-22(27-17)31-21-12-8-9-19(15-21)23(29)28-20-10-6-5-7-11-20;1-14-10-15(13-21)11-19(22-14)25-18-9-5-6-16(12-18)20(24)23-17-7-3-2-4-8-17;1-12-8-13(11-20-18(24)26-19(2,3)4)9-16(21-12)25-15-7-5-6-14(10-15)17(22)23;7-6-4-2-1-3-5-6;;;/h5-15H,16H2,1-4H3,(H,26,30)(H,28,29);2-12H,13,21H2,1H3,(H,23,24);5-10H,11H2,1-4H3,(H,20,24)(H,22,23);1-5H,7H2;2*1H4;1H. The molecule has 0 atom stereocenters. The van der Waals surface area contributed by atoms with Crippen molar-refractivity contribution in [2.45, 2.75) is 108 Å². The molecule has 6 aromatic carbocycles. The quantitative estimate of drug-likeness (QED) is 0.0443. The number of alkyl carbamates (subject to hydrolysis) is 2. The number of hydrogen-bond donors (Lipinski definition) is 7. The number of pyridine rings is 3. The molecule has 3 aromatic heterocycles. The summed E-state index contributed by atoms with van der Waals surface area (Å²) in [5.74, 6) is 1.07. The fourth-order valence-electron chi connectivity index (χ4n) is 7.94. The smallest absolute Gasteiger partial charge is 0.407 e. The molecule has 0 unspecified atom stereocenters. The maximum absolute atomic E-state index is 12.5. The average molecular weight is 1290 g/mol. The molecule has 0 spiro atoms. The summed E-state index contributed by atoms with van der Waals surface area (Å²) in [6.07, 6.45) is -1.00. The number of carbonyl (C=O) groups is 5. The Morgan fingerprint density at radius 3 is 1.09 bits per heavy atom. The summed E-state index contributed by atoms with van der Waals surface area (Å²) in [7, 11) is 0. The van der Waals surface area contributed by atoms with Crippen molar-refractivity contribution in [2.24, 2.45) is 5.73 Å². The number of nitrogens with zero attached hydrogens (tertiary/aromatic N) is 3. The van der Waals surface area contributed by atoms with Gasteiger partial charge in [-0.1, -0.05) is 87.6 Å². The van der Waals surface area contributed by atoms with Crippen LogP contribution in [0.3, 0.4) is 0 Å². The van der Waals surface area contributed by atoms with Gasteiger partial charge in [0.1, 0.15) is 28.5 Å². The molecule has 0 aliphatic rings. The van der Waals surface area contributed by atoms with Crippen LogP contribution in [0.25, 0.3) is 0 Å². The topological polar surface area (TPSA) is 291 Å². The van der Waals surface area contributed by atoms with Crippen LogP contribution in [0.4, 0.5) is 26.7 Å². The molecule has 21 heteroatoms. The van der Waals surface area contributed by atoms with Crippen molar-refractivity contribution in [3.8, 4) is 34.9 Å². The molecule has 0 aliphatic heterocycles. The van der Waals surface area contributed by atoms with Crippen molar-refractivity contribution in [1.29, 1.82) is 0 Å². The molecule has 20 nitrogen and oxygen atoms in total. The van der Waals surface area contributed by atoms with Crippen molar-refractivity contribution in [1.82, 2.24) is 25.6 Å². The van der Waals surface area contributed by atoms with Gasteiger partial charge in [-0.3, -0.25) is 9.59 Å². The van der Waals surface area contributed by atoms with Crippen molar-refractivity contribution in [2.75, 3.05) is 16.4 Å². The van der Waals surface area contributed by atoms with E-state index >= 15 is 0 Å². The van der Waals surface area contributed by atoms with Gasteiger partial charge in [-0.25, -0.2) is 29.3 Å². The number of para-hydroxylation sites is 3.